The van der Waals surface area contributed by atoms with E-state index >= 15 is 0 Å². The number of aliphatic hydroxyl groups is 1. The van der Waals surface area contributed by atoms with Gasteiger partial charge in [0, 0.05) is 23.8 Å². The van der Waals surface area contributed by atoms with Crippen LogP contribution in [0.25, 0.3) is 0 Å². The van der Waals surface area contributed by atoms with Crippen LogP contribution in [0, 0.1) is 0 Å². The average Bonchev–Trinajstić information content (AvgIpc) is 2.97. The topological polar surface area (TPSA) is 81.8 Å². The Morgan fingerprint density at radius 3 is 3.05 bits per heavy atom. The van der Waals surface area contributed by atoms with Gasteiger partial charge in [0.05, 0.1) is 6.61 Å². The Morgan fingerprint density at radius 2 is 2.40 bits per heavy atom. The summed E-state index contributed by atoms with van der Waals surface area (Å²) in [5.41, 5.74) is 5.30. The van der Waals surface area contributed by atoms with Gasteiger partial charge in [-0.2, -0.15) is 0 Å². The van der Waals surface area contributed by atoms with E-state index in [1.807, 2.05) is 17.5 Å². The van der Waals surface area contributed by atoms with Crippen molar-refractivity contribution in [2.45, 2.75) is 31.5 Å². The molecule has 1 aliphatic rings. The number of hydrogen-bond acceptors (Lipinski definition) is 5. The van der Waals surface area contributed by atoms with Gasteiger partial charge in [-0.15, -0.1) is 11.3 Å². The molecule has 0 aliphatic carbocycles. The largest absolute Gasteiger partial charge is 0.459 e. The van der Waals surface area contributed by atoms with Crippen molar-refractivity contribution in [1.82, 2.24) is 0 Å². The molecule has 1 aliphatic heterocycles. The molecule has 0 radical (unpaired) electrons. The van der Waals surface area contributed by atoms with Gasteiger partial charge in [-0.3, -0.25) is 4.79 Å². The van der Waals surface area contributed by atoms with Crippen molar-refractivity contribution in [2.75, 3.05) is 13.2 Å². The van der Waals surface area contributed by atoms with Gasteiger partial charge in [0.2, 0.25) is 6.29 Å². The standard InChI is InChI=1S/C14H19NO4S/c15-14(17)11-8-10(12-4-3-7-20-12)9-13(19-11)18-6-2-1-5-16/h3-4,7-8,10,13,16H,1-2,5-6,9H2,(H2,15,17)/t10-,13+/m1/s1. The Bertz CT molecular complexity index is 458. The number of unbranched alkanes of at least 4 members (excludes halogenated alkanes) is 1. The maximum atomic E-state index is 11.3. The predicted molar refractivity (Wildman–Crippen MR) is 76.1 cm³/mol. The van der Waals surface area contributed by atoms with Crippen molar-refractivity contribution in [3.8, 4) is 0 Å². The molecular weight excluding hydrogens is 278 g/mol. The van der Waals surface area contributed by atoms with Crippen molar-refractivity contribution in [2.24, 2.45) is 5.73 Å². The van der Waals surface area contributed by atoms with E-state index in [9.17, 15) is 4.79 Å². The highest BCUT2D eigenvalue weighted by Crippen LogP contribution is 2.33. The molecule has 110 valence electrons. The summed E-state index contributed by atoms with van der Waals surface area (Å²) in [4.78, 5) is 12.5. The fraction of sp³-hybridized carbons (Fsp3) is 0.500. The van der Waals surface area contributed by atoms with E-state index in [2.05, 4.69) is 0 Å². The number of primary amides is 1. The first-order valence-corrected chi connectivity index (χ1v) is 7.53. The van der Waals surface area contributed by atoms with Crippen LogP contribution in [0.15, 0.2) is 29.3 Å². The Balaban J connectivity index is 1.99. The molecule has 20 heavy (non-hydrogen) atoms. The maximum absolute atomic E-state index is 11.3. The Hall–Kier alpha value is -1.37. The van der Waals surface area contributed by atoms with Crippen LogP contribution in [0.4, 0.5) is 0 Å². The first-order valence-electron chi connectivity index (χ1n) is 6.65. The monoisotopic (exact) mass is 297 g/mol. The summed E-state index contributed by atoms with van der Waals surface area (Å²) in [6, 6.07) is 4.00. The molecule has 1 aromatic heterocycles. The molecule has 0 aromatic carbocycles. The van der Waals surface area contributed by atoms with Crippen LogP contribution < -0.4 is 5.73 Å². The van der Waals surface area contributed by atoms with Crippen molar-refractivity contribution in [3.63, 3.8) is 0 Å². The van der Waals surface area contributed by atoms with E-state index in [1.165, 1.54) is 0 Å². The number of carbonyl (C=O) groups excluding carboxylic acids is 1. The van der Waals surface area contributed by atoms with E-state index in [1.54, 1.807) is 17.4 Å². The van der Waals surface area contributed by atoms with E-state index in [0.717, 1.165) is 11.3 Å². The first-order chi connectivity index (χ1) is 9.70. The number of ether oxygens (including phenoxy) is 2. The third-order valence-corrected chi connectivity index (χ3v) is 4.07. The maximum Gasteiger partial charge on any atom is 0.283 e. The molecule has 0 fully saturated rings. The van der Waals surface area contributed by atoms with Crippen LogP contribution in [0.5, 0.6) is 0 Å². The van der Waals surface area contributed by atoms with Crippen LogP contribution >= 0.6 is 11.3 Å². The van der Waals surface area contributed by atoms with Gasteiger partial charge in [-0.05, 0) is 30.4 Å². The summed E-state index contributed by atoms with van der Waals surface area (Å²) in [5, 5.41) is 10.7. The molecule has 1 aromatic rings. The zero-order valence-electron chi connectivity index (χ0n) is 11.2. The lowest BCUT2D eigenvalue weighted by molar-refractivity contribution is -0.144. The van der Waals surface area contributed by atoms with Crippen molar-refractivity contribution in [3.05, 3.63) is 34.2 Å². The molecule has 0 saturated heterocycles. The Morgan fingerprint density at radius 1 is 1.55 bits per heavy atom. The second kappa shape index (κ2) is 7.42. The highest BCUT2D eigenvalue weighted by molar-refractivity contribution is 7.10. The first kappa shape index (κ1) is 15.0. The highest BCUT2D eigenvalue weighted by atomic mass is 32.1. The Labute approximate surface area is 122 Å². The number of allylic oxidation sites excluding steroid dienone is 1. The number of nitrogens with two attached hydrogens (primary N) is 1. The fourth-order valence-electron chi connectivity index (χ4n) is 2.06. The van der Waals surface area contributed by atoms with Crippen LogP contribution in [0.2, 0.25) is 0 Å². The van der Waals surface area contributed by atoms with Crippen LogP contribution in [-0.4, -0.2) is 30.5 Å². The van der Waals surface area contributed by atoms with Gasteiger partial charge in [0.1, 0.15) is 0 Å². The molecular formula is C14H19NO4S. The van der Waals surface area contributed by atoms with Gasteiger partial charge >= 0.3 is 0 Å². The van der Waals surface area contributed by atoms with Crippen LogP contribution in [0.1, 0.15) is 30.1 Å². The molecule has 5 nitrogen and oxygen atoms in total. The number of rotatable bonds is 7. The highest BCUT2D eigenvalue weighted by Gasteiger charge is 2.28. The van der Waals surface area contributed by atoms with Crippen LogP contribution in [0.3, 0.4) is 0 Å². The van der Waals surface area contributed by atoms with Crippen molar-refractivity contribution in [1.29, 1.82) is 0 Å². The summed E-state index contributed by atoms with van der Waals surface area (Å²) in [5.74, 6) is -0.314. The van der Waals surface area contributed by atoms with Gasteiger partial charge in [-0.1, -0.05) is 6.07 Å². The van der Waals surface area contributed by atoms with Crippen molar-refractivity contribution < 1.29 is 19.4 Å². The second-order valence-corrected chi connectivity index (χ2v) is 5.58. The zero-order chi connectivity index (χ0) is 14.4. The summed E-state index contributed by atoms with van der Waals surface area (Å²) in [6.07, 6.45) is 3.42. The third-order valence-electron chi connectivity index (χ3n) is 3.07. The Kier molecular flexibility index (Phi) is 5.58. The number of hydrogen-bond donors (Lipinski definition) is 2. The quantitative estimate of drug-likeness (QED) is 0.751. The van der Waals surface area contributed by atoms with Gasteiger partial charge in [-0.25, -0.2) is 0 Å². The van der Waals surface area contributed by atoms with E-state index in [0.29, 0.717) is 19.4 Å². The fourth-order valence-corrected chi connectivity index (χ4v) is 2.87. The molecule has 0 spiro atoms. The van der Waals surface area contributed by atoms with Crippen molar-refractivity contribution >= 4 is 17.2 Å². The smallest absolute Gasteiger partial charge is 0.283 e. The van der Waals surface area contributed by atoms with E-state index in [-0.39, 0.29) is 18.3 Å². The average molecular weight is 297 g/mol. The summed E-state index contributed by atoms with van der Waals surface area (Å²) in [7, 11) is 0. The minimum Gasteiger partial charge on any atom is -0.459 e. The minimum absolute atomic E-state index is 0.0918. The molecule has 0 saturated carbocycles. The number of thiophene rings is 1. The second-order valence-electron chi connectivity index (χ2n) is 4.60. The van der Waals surface area contributed by atoms with Gasteiger partial charge < -0.3 is 20.3 Å². The lowest BCUT2D eigenvalue weighted by Gasteiger charge is -2.28. The zero-order valence-corrected chi connectivity index (χ0v) is 12.0. The summed E-state index contributed by atoms with van der Waals surface area (Å²) in [6.45, 7) is 0.646. The number of amides is 1. The molecule has 2 rings (SSSR count). The van der Waals surface area contributed by atoms with E-state index < -0.39 is 12.2 Å². The third kappa shape index (κ3) is 4.06. The number of aliphatic hydroxyl groups excluding tert-OH is 1. The molecule has 2 atom stereocenters. The minimum atomic E-state index is -0.574. The SMILES string of the molecule is NC(=O)C1=C[C@@H](c2cccs2)C[C@@H](OCCCCO)O1. The van der Waals surface area contributed by atoms with E-state index in [4.69, 9.17) is 20.3 Å². The molecule has 0 bridgehead atoms. The normalized spacial score (nSPS) is 22.1. The molecule has 3 N–H and O–H groups in total. The lowest BCUT2D eigenvalue weighted by Crippen LogP contribution is -2.29. The summed E-state index contributed by atoms with van der Waals surface area (Å²) < 4.78 is 11.1. The van der Waals surface area contributed by atoms with Crippen LogP contribution in [-0.2, 0) is 14.3 Å². The van der Waals surface area contributed by atoms with Gasteiger partial charge in [0.15, 0.2) is 5.76 Å². The summed E-state index contributed by atoms with van der Waals surface area (Å²) >= 11 is 1.64. The molecule has 0 unspecified atom stereocenters. The molecule has 1 amide bonds. The molecule has 2 heterocycles. The molecule has 6 heteroatoms. The number of carbonyl (C=O) groups is 1. The predicted octanol–water partition coefficient (Wildman–Crippen LogP) is 1.74. The lowest BCUT2D eigenvalue weighted by atomic mass is 10.00. The van der Waals surface area contributed by atoms with Gasteiger partial charge in [0.25, 0.3) is 5.91 Å².